The van der Waals surface area contributed by atoms with E-state index in [1.807, 2.05) is 0 Å². The highest BCUT2D eigenvalue weighted by atomic mass is 16.7. The summed E-state index contributed by atoms with van der Waals surface area (Å²) >= 11 is 0. The number of ketones is 1. The Kier molecular flexibility index (Phi) is 4.40. The lowest BCUT2D eigenvalue weighted by molar-refractivity contribution is -0.174. The Bertz CT molecular complexity index is 884. The minimum atomic E-state index is -1.58. The van der Waals surface area contributed by atoms with Crippen molar-refractivity contribution in [2.45, 2.75) is 38.2 Å². The van der Waals surface area contributed by atoms with Gasteiger partial charge in [0, 0.05) is 18.4 Å². The predicted octanol–water partition coefficient (Wildman–Crippen LogP) is 1.86. The molecule has 0 heterocycles. The van der Waals surface area contributed by atoms with Crippen LogP contribution >= 0.6 is 0 Å². The van der Waals surface area contributed by atoms with E-state index in [4.69, 9.17) is 14.2 Å². The molecule has 2 fully saturated rings. The summed E-state index contributed by atoms with van der Waals surface area (Å²) in [6.45, 7) is 5.32. The molecule has 1 N–H and O–H groups in total. The topological polar surface area (TPSA) is 99.1 Å². The second kappa shape index (κ2) is 6.37. The van der Waals surface area contributed by atoms with E-state index in [2.05, 4.69) is 6.58 Å². The first-order valence-electron chi connectivity index (χ1n) is 9.76. The maximum Gasteiger partial charge on any atom is 0.322 e. The number of hydrogen-bond acceptors (Lipinski definition) is 7. The summed E-state index contributed by atoms with van der Waals surface area (Å²) in [6, 6.07) is 0. The molecule has 0 radical (unpaired) electrons. The molecule has 0 unspecified atom stereocenters. The zero-order chi connectivity index (χ0) is 21.2. The Morgan fingerprint density at radius 3 is 2.69 bits per heavy atom. The highest BCUT2D eigenvalue weighted by Gasteiger charge is 2.70. The molecule has 0 amide bonds. The molecule has 156 valence electrons. The van der Waals surface area contributed by atoms with Crippen LogP contribution in [0.3, 0.4) is 0 Å². The number of esters is 2. The lowest BCUT2D eigenvalue weighted by Gasteiger charge is -2.42. The van der Waals surface area contributed by atoms with Crippen molar-refractivity contribution < 1.29 is 33.7 Å². The molecule has 0 aromatic heterocycles. The molecule has 2 saturated carbocycles. The molecule has 4 aliphatic rings. The van der Waals surface area contributed by atoms with E-state index in [9.17, 15) is 19.5 Å². The second-order valence-corrected chi connectivity index (χ2v) is 8.80. The van der Waals surface area contributed by atoms with Crippen molar-refractivity contribution in [3.63, 3.8) is 0 Å². The number of allylic oxidation sites excluding steroid dienone is 4. The predicted molar refractivity (Wildman–Crippen MR) is 101 cm³/mol. The van der Waals surface area contributed by atoms with E-state index in [-0.39, 0.29) is 6.79 Å². The third-order valence-corrected chi connectivity index (χ3v) is 7.53. The fraction of sp³-hybridized carbons (Fsp3) is 0.591. The van der Waals surface area contributed by atoms with Crippen LogP contribution in [0.2, 0.25) is 0 Å². The molecule has 0 saturated heterocycles. The Balaban J connectivity index is 1.91. The first-order chi connectivity index (χ1) is 13.7. The van der Waals surface area contributed by atoms with Crippen molar-refractivity contribution >= 4 is 17.7 Å². The number of ether oxygens (including phenoxy) is 3. The summed E-state index contributed by atoms with van der Waals surface area (Å²) in [6.07, 6.45) is 4.99. The van der Waals surface area contributed by atoms with Gasteiger partial charge in [0.2, 0.25) is 0 Å². The van der Waals surface area contributed by atoms with Gasteiger partial charge in [-0.2, -0.15) is 0 Å². The molecule has 0 aliphatic heterocycles. The molecular formula is C22H26O7. The van der Waals surface area contributed by atoms with E-state index in [1.54, 1.807) is 6.08 Å². The van der Waals surface area contributed by atoms with Crippen molar-refractivity contribution in [2.24, 2.45) is 22.7 Å². The van der Waals surface area contributed by atoms with E-state index < -0.39 is 46.0 Å². The van der Waals surface area contributed by atoms with Crippen LogP contribution in [-0.2, 0) is 28.6 Å². The Hall–Kier alpha value is -2.25. The van der Waals surface area contributed by atoms with Crippen LogP contribution in [0.5, 0.6) is 0 Å². The van der Waals surface area contributed by atoms with Gasteiger partial charge < -0.3 is 19.3 Å². The van der Waals surface area contributed by atoms with Crippen LogP contribution in [0.4, 0.5) is 0 Å². The molecule has 5 atom stereocenters. The maximum absolute atomic E-state index is 13.1. The Morgan fingerprint density at radius 1 is 1.31 bits per heavy atom. The zero-order valence-corrected chi connectivity index (χ0v) is 16.9. The molecule has 4 rings (SSSR count). The normalized spacial score (nSPS) is 40.0. The summed E-state index contributed by atoms with van der Waals surface area (Å²) in [7, 11) is 2.69. The van der Waals surface area contributed by atoms with Crippen LogP contribution in [0.15, 0.2) is 35.5 Å². The van der Waals surface area contributed by atoms with Crippen LogP contribution in [0, 0.1) is 22.7 Å². The molecule has 1 spiro atoms. The van der Waals surface area contributed by atoms with E-state index in [0.29, 0.717) is 31.3 Å². The van der Waals surface area contributed by atoms with E-state index in [1.165, 1.54) is 27.2 Å². The van der Waals surface area contributed by atoms with Crippen molar-refractivity contribution in [1.82, 2.24) is 0 Å². The van der Waals surface area contributed by atoms with Crippen LogP contribution in [0.1, 0.15) is 32.6 Å². The molecule has 29 heavy (non-hydrogen) atoms. The number of hydrogen-bond donors (Lipinski definition) is 1. The molecule has 7 heteroatoms. The average Bonchev–Trinajstić information content (AvgIpc) is 3.08. The summed E-state index contributed by atoms with van der Waals surface area (Å²) in [4.78, 5) is 39.1. The third-order valence-electron chi connectivity index (χ3n) is 7.53. The van der Waals surface area contributed by atoms with E-state index in [0.717, 1.165) is 11.1 Å². The highest BCUT2D eigenvalue weighted by Crippen LogP contribution is 2.70. The van der Waals surface area contributed by atoms with Crippen LogP contribution in [0.25, 0.3) is 0 Å². The van der Waals surface area contributed by atoms with Gasteiger partial charge in [-0.1, -0.05) is 18.2 Å². The van der Waals surface area contributed by atoms with Gasteiger partial charge in [0.1, 0.15) is 5.41 Å². The fourth-order valence-electron chi connectivity index (χ4n) is 6.16. The minimum Gasteiger partial charge on any atom is -0.469 e. The van der Waals surface area contributed by atoms with Crippen molar-refractivity contribution in [3.05, 3.63) is 35.5 Å². The monoisotopic (exact) mass is 402 g/mol. The van der Waals surface area contributed by atoms with Gasteiger partial charge in [-0.3, -0.25) is 14.4 Å². The standard InChI is InChI=1S/C22H26O7/c1-12-9-21-10-22(12,26)8-7-14(21)13-5-6-15(23)20(2,19(25)29-11-27-3)16(13)17(21)18(24)28-4/h5-6,16-17,26H,1,7-11H2,2-4H3/t16-,17-,20-,21+,22+/m1/s1. The summed E-state index contributed by atoms with van der Waals surface area (Å²) < 4.78 is 15.2. The largest absolute Gasteiger partial charge is 0.469 e. The van der Waals surface area contributed by atoms with Gasteiger partial charge in [-0.15, -0.1) is 0 Å². The van der Waals surface area contributed by atoms with Crippen molar-refractivity contribution in [2.75, 3.05) is 21.0 Å². The van der Waals surface area contributed by atoms with Crippen molar-refractivity contribution in [1.29, 1.82) is 0 Å². The van der Waals surface area contributed by atoms with Gasteiger partial charge >= 0.3 is 11.9 Å². The minimum absolute atomic E-state index is 0.283. The Labute approximate surface area is 169 Å². The molecule has 0 aromatic carbocycles. The van der Waals surface area contributed by atoms with Gasteiger partial charge in [-0.05, 0) is 49.8 Å². The van der Waals surface area contributed by atoms with Crippen molar-refractivity contribution in [3.8, 4) is 0 Å². The lowest BCUT2D eigenvalue weighted by atomic mass is 9.59. The average molecular weight is 402 g/mol. The molecule has 0 aromatic rings. The summed E-state index contributed by atoms with van der Waals surface area (Å²) in [5.74, 6) is -3.13. The maximum atomic E-state index is 13.1. The Morgan fingerprint density at radius 2 is 2.03 bits per heavy atom. The third kappa shape index (κ3) is 2.40. The zero-order valence-electron chi connectivity index (χ0n) is 16.9. The van der Waals surface area contributed by atoms with Gasteiger partial charge in [-0.25, -0.2) is 0 Å². The number of methoxy groups -OCH3 is 2. The van der Waals surface area contributed by atoms with Crippen LogP contribution < -0.4 is 0 Å². The number of aliphatic hydroxyl groups is 1. The molecule has 4 aliphatic carbocycles. The smallest absolute Gasteiger partial charge is 0.322 e. The number of carbonyl (C=O) groups excluding carboxylic acids is 3. The molecule has 2 bridgehead atoms. The first-order valence-corrected chi connectivity index (χ1v) is 9.76. The quantitative estimate of drug-likeness (QED) is 0.332. The van der Waals surface area contributed by atoms with Crippen LogP contribution in [-0.4, -0.2) is 49.4 Å². The highest BCUT2D eigenvalue weighted by molar-refractivity contribution is 6.11. The number of carbonyl (C=O) groups is 3. The molecular weight excluding hydrogens is 376 g/mol. The summed E-state index contributed by atoms with van der Waals surface area (Å²) in [5, 5.41) is 11.1. The number of fused-ring (bicyclic) bond motifs is 2. The van der Waals surface area contributed by atoms with Gasteiger partial charge in [0.05, 0.1) is 18.6 Å². The summed E-state index contributed by atoms with van der Waals surface area (Å²) in [5.41, 5.74) is -0.786. The van der Waals surface area contributed by atoms with Gasteiger partial charge in [0.25, 0.3) is 0 Å². The van der Waals surface area contributed by atoms with E-state index >= 15 is 0 Å². The molecule has 7 nitrogen and oxygen atoms in total. The SMILES string of the molecule is C=C1C[C@]23C[C@@]1(O)CCC2=C1C=CC(=O)[C@@](C)(C(=O)OCOC)[C@H]1[C@@H]3C(=O)OC. The fourth-order valence-corrected chi connectivity index (χ4v) is 6.16. The number of rotatable bonds is 4. The second-order valence-electron chi connectivity index (χ2n) is 8.80. The lowest BCUT2D eigenvalue weighted by Crippen LogP contribution is -2.51. The van der Waals surface area contributed by atoms with Gasteiger partial charge in [0.15, 0.2) is 12.6 Å². The first kappa shape index (κ1) is 20.0.